The Hall–Kier alpha value is -7.94. The lowest BCUT2D eigenvalue weighted by molar-refractivity contribution is 1.31. The van der Waals surface area contributed by atoms with Crippen LogP contribution in [0.5, 0.6) is 0 Å². The van der Waals surface area contributed by atoms with Gasteiger partial charge in [0.25, 0.3) is 0 Å². The lowest BCUT2D eigenvalue weighted by Crippen LogP contribution is -2.11. The molecule has 0 fully saturated rings. The lowest BCUT2D eigenvalue weighted by Gasteiger charge is -2.29. The van der Waals surface area contributed by atoms with Crippen LogP contribution in [0, 0.1) is 0 Å². The third-order valence-electron chi connectivity index (χ3n) is 11.4. The Balaban J connectivity index is 1.20. The summed E-state index contributed by atoms with van der Waals surface area (Å²) >= 11 is 0. The second kappa shape index (κ2) is 15.1. The second-order valence-electron chi connectivity index (χ2n) is 14.9. The van der Waals surface area contributed by atoms with Gasteiger partial charge in [-0.05, 0) is 92.3 Å². The molecule has 2 nitrogen and oxygen atoms in total. The van der Waals surface area contributed by atoms with E-state index in [-0.39, 0.29) is 35.3 Å². The molecule has 11 aromatic carbocycles. The molecule has 0 unspecified atom stereocenters. The number of fused-ring (bicyclic) bond motifs is 4. The van der Waals surface area contributed by atoms with Crippen molar-refractivity contribution in [2.24, 2.45) is 0 Å². The highest BCUT2D eigenvalue weighted by Crippen LogP contribution is 2.50. The minimum atomic E-state index is -0.0885. The van der Waals surface area contributed by atoms with Crippen LogP contribution in [0.3, 0.4) is 0 Å². The molecular weight excluding hydrogens is 725 g/mol. The maximum atomic E-state index is 9.96. The largest absolute Gasteiger partial charge is 0.309 e. The first-order valence-corrected chi connectivity index (χ1v) is 20.3. The van der Waals surface area contributed by atoms with Gasteiger partial charge in [-0.15, -0.1) is 0 Å². The number of rotatable bonds is 8. The Morgan fingerprint density at radius 3 is 0.667 bits per heavy atom. The van der Waals surface area contributed by atoms with Gasteiger partial charge in [0.2, 0.25) is 0 Å². The van der Waals surface area contributed by atoms with Gasteiger partial charge in [-0.25, -0.2) is 0 Å². The van der Waals surface area contributed by atoms with Gasteiger partial charge in [0, 0.05) is 44.3 Å². The summed E-state index contributed by atoms with van der Waals surface area (Å²) in [5, 5.41) is 7.07. The number of para-hydroxylation sites is 4. The van der Waals surface area contributed by atoms with Crippen LogP contribution in [-0.4, -0.2) is 0 Å². The SMILES string of the molecule is [2H]c1c([2H])c(-c2c3ccccc3c(N(c3ccccc3)c3ccccc3)c3ccccc23)c([2H])c([2H])c1-c1c2ccccc2c(N(c2ccccc2)c2ccccc2)c2ccccc12. The minimum Gasteiger partial charge on any atom is -0.309 e. The van der Waals surface area contributed by atoms with E-state index < -0.39 is 0 Å². The molecule has 0 saturated heterocycles. The zero-order valence-corrected chi connectivity index (χ0v) is 32.7. The fraction of sp³-hybridized carbons (Fsp3) is 0. The van der Waals surface area contributed by atoms with Crippen LogP contribution in [0.15, 0.2) is 243 Å². The number of benzene rings is 11. The third-order valence-corrected chi connectivity index (χ3v) is 11.4. The van der Waals surface area contributed by atoms with Crippen molar-refractivity contribution < 1.29 is 5.48 Å². The van der Waals surface area contributed by atoms with E-state index in [0.29, 0.717) is 11.1 Å². The van der Waals surface area contributed by atoms with Gasteiger partial charge in [-0.1, -0.05) is 194 Å². The van der Waals surface area contributed by atoms with Gasteiger partial charge < -0.3 is 9.80 Å². The third kappa shape index (κ3) is 5.97. The first kappa shape index (κ1) is 31.1. The first-order valence-electron chi connectivity index (χ1n) is 22.3. The summed E-state index contributed by atoms with van der Waals surface area (Å²) in [5.41, 5.74) is 7.80. The van der Waals surface area contributed by atoms with E-state index in [1.807, 2.05) is 146 Å². The molecule has 11 rings (SSSR count). The summed E-state index contributed by atoms with van der Waals surface area (Å²) in [7, 11) is 0. The zero-order valence-electron chi connectivity index (χ0n) is 36.7. The van der Waals surface area contributed by atoms with E-state index in [0.717, 1.165) is 77.2 Å². The lowest BCUT2D eigenvalue weighted by atomic mass is 9.87. The number of hydrogen-bond donors (Lipinski definition) is 0. The highest BCUT2D eigenvalue weighted by Gasteiger charge is 2.24. The summed E-state index contributed by atoms with van der Waals surface area (Å²) in [5.74, 6) is 0. The molecule has 282 valence electrons. The van der Waals surface area contributed by atoms with Crippen LogP contribution < -0.4 is 9.80 Å². The molecule has 0 bridgehead atoms. The smallest absolute Gasteiger partial charge is 0.0629 e. The maximum absolute atomic E-state index is 9.96. The summed E-state index contributed by atoms with van der Waals surface area (Å²) in [6.45, 7) is 0. The predicted octanol–water partition coefficient (Wildman–Crippen LogP) is 16.6. The summed E-state index contributed by atoms with van der Waals surface area (Å²) in [4.78, 5) is 4.53. The van der Waals surface area contributed by atoms with Crippen LogP contribution >= 0.6 is 0 Å². The monoisotopic (exact) mass is 768 g/mol. The van der Waals surface area contributed by atoms with E-state index in [1.165, 1.54) is 0 Å². The Labute approximate surface area is 356 Å². The van der Waals surface area contributed by atoms with Gasteiger partial charge in [0.15, 0.2) is 0 Å². The molecule has 0 N–H and O–H groups in total. The summed E-state index contributed by atoms with van der Waals surface area (Å²) in [6, 6.07) is 73.4. The number of anilines is 6. The van der Waals surface area contributed by atoms with Crippen molar-refractivity contribution in [1.82, 2.24) is 0 Å². The van der Waals surface area contributed by atoms with E-state index >= 15 is 0 Å². The maximum Gasteiger partial charge on any atom is 0.0629 e. The highest BCUT2D eigenvalue weighted by molar-refractivity contribution is 6.24. The molecule has 0 atom stereocenters. The fourth-order valence-electron chi connectivity index (χ4n) is 8.92. The van der Waals surface area contributed by atoms with Crippen LogP contribution in [0.4, 0.5) is 34.1 Å². The molecule has 0 heterocycles. The van der Waals surface area contributed by atoms with Gasteiger partial charge >= 0.3 is 0 Å². The standard InChI is InChI=1S/C58H40N2/c1-5-21-43(22-6-1)59(44-23-7-2-8-24-44)57-51-33-17-13-29-47(51)55(48-30-14-18-34-52(48)57)41-37-39-42(40-38-41)56-49-31-15-19-35-53(49)58(54-36-20-16-32-50(54)56)60(45-25-9-3-10-26-45)46-27-11-4-12-28-46/h1-40H/i37D,38D,39D,40D. The van der Waals surface area contributed by atoms with Crippen LogP contribution in [-0.2, 0) is 0 Å². The molecule has 60 heavy (non-hydrogen) atoms. The average Bonchev–Trinajstić information content (AvgIpc) is 3.36. The molecule has 0 spiro atoms. The Morgan fingerprint density at radius 2 is 0.433 bits per heavy atom. The van der Waals surface area contributed by atoms with Gasteiger partial charge in [-0.3, -0.25) is 0 Å². The molecule has 11 aromatic rings. The van der Waals surface area contributed by atoms with Gasteiger partial charge in [-0.2, -0.15) is 0 Å². The van der Waals surface area contributed by atoms with Crippen molar-refractivity contribution in [3.05, 3.63) is 243 Å². The Morgan fingerprint density at radius 1 is 0.233 bits per heavy atom. The van der Waals surface area contributed by atoms with Crippen LogP contribution in [0.25, 0.3) is 65.3 Å². The van der Waals surface area contributed by atoms with E-state index in [1.54, 1.807) is 0 Å². The first-order chi connectivity index (χ1) is 31.5. The number of hydrogen-bond acceptors (Lipinski definition) is 2. The van der Waals surface area contributed by atoms with E-state index in [4.69, 9.17) is 0 Å². The molecule has 0 aliphatic rings. The Kier molecular flexibility index (Phi) is 7.83. The highest BCUT2D eigenvalue weighted by atomic mass is 15.2. The minimum absolute atomic E-state index is 0.0885. The molecule has 0 aliphatic heterocycles. The molecule has 0 amide bonds. The molecule has 0 saturated carbocycles. The van der Waals surface area contributed by atoms with Crippen molar-refractivity contribution in [2.45, 2.75) is 0 Å². The second-order valence-corrected chi connectivity index (χ2v) is 14.9. The van der Waals surface area contributed by atoms with E-state index in [2.05, 4.69) is 82.6 Å². The molecule has 2 heteroatoms. The topological polar surface area (TPSA) is 6.48 Å². The van der Waals surface area contributed by atoms with Crippen molar-refractivity contribution in [3.8, 4) is 22.3 Å². The molecular formula is C58H40N2. The fourth-order valence-corrected chi connectivity index (χ4v) is 8.92. The Bertz CT molecular complexity index is 3080. The predicted molar refractivity (Wildman–Crippen MR) is 257 cm³/mol. The van der Waals surface area contributed by atoms with Crippen LogP contribution in [0.1, 0.15) is 5.48 Å². The molecule has 0 aromatic heterocycles. The van der Waals surface area contributed by atoms with Crippen LogP contribution in [0.2, 0.25) is 0 Å². The van der Waals surface area contributed by atoms with Crippen molar-refractivity contribution in [3.63, 3.8) is 0 Å². The quantitative estimate of drug-likeness (QED) is 0.142. The average molecular weight is 769 g/mol. The number of nitrogens with zero attached hydrogens (tertiary/aromatic N) is 2. The molecule has 0 radical (unpaired) electrons. The summed E-state index contributed by atoms with van der Waals surface area (Å²) in [6.07, 6.45) is 0. The van der Waals surface area contributed by atoms with Gasteiger partial charge in [0.05, 0.1) is 16.9 Å². The van der Waals surface area contributed by atoms with E-state index in [9.17, 15) is 5.48 Å². The zero-order chi connectivity index (χ0) is 43.3. The van der Waals surface area contributed by atoms with Crippen molar-refractivity contribution >= 4 is 77.2 Å². The normalized spacial score (nSPS) is 12.3. The van der Waals surface area contributed by atoms with Crippen molar-refractivity contribution in [1.29, 1.82) is 0 Å². The van der Waals surface area contributed by atoms with Gasteiger partial charge in [0.1, 0.15) is 0 Å². The van der Waals surface area contributed by atoms with Crippen molar-refractivity contribution in [2.75, 3.05) is 9.80 Å². The summed E-state index contributed by atoms with van der Waals surface area (Å²) < 4.78 is 39.8. The molecule has 0 aliphatic carbocycles.